The van der Waals surface area contributed by atoms with Gasteiger partial charge in [0.25, 0.3) is 0 Å². The standard InChI is InChI=1S/C30H52N4O2/c1-27(2)11-23-13-29(5,17-27)19-33(23)25(35)31-15-21-8-7-9-22(10-21)16-32-26(36)34-20-30(6)14-24(34)12-28(3,4)18-30/h21-24H,7-20H2,1-6H3,(H,31,35)(H,32,36)/t21-,22-,23-,24+,29+,30-/m0/s1. The fraction of sp³-hybridized carbons (Fsp3) is 0.933. The van der Waals surface area contributed by atoms with Crippen molar-refractivity contribution in [3.63, 3.8) is 0 Å². The lowest BCUT2D eigenvalue weighted by Crippen LogP contribution is -2.46. The largest absolute Gasteiger partial charge is 0.338 e. The second kappa shape index (κ2) is 9.08. The van der Waals surface area contributed by atoms with Crippen LogP contribution in [0.3, 0.4) is 0 Å². The van der Waals surface area contributed by atoms with Gasteiger partial charge in [-0.2, -0.15) is 0 Å². The zero-order valence-corrected chi connectivity index (χ0v) is 23.9. The van der Waals surface area contributed by atoms with Gasteiger partial charge in [0.2, 0.25) is 0 Å². The Hall–Kier alpha value is -1.46. The molecule has 0 aromatic heterocycles. The molecule has 3 aliphatic carbocycles. The molecule has 5 fully saturated rings. The van der Waals surface area contributed by atoms with Gasteiger partial charge in [-0.25, -0.2) is 9.59 Å². The Bertz CT molecular complexity index is 803. The first kappa shape index (κ1) is 26.2. The number of fused-ring (bicyclic) bond motifs is 4. The predicted octanol–water partition coefficient (Wildman–Crippen LogP) is 6.01. The minimum absolute atomic E-state index is 0.147. The fourth-order valence-corrected chi connectivity index (χ4v) is 9.83. The van der Waals surface area contributed by atoms with Crippen LogP contribution in [-0.2, 0) is 0 Å². The van der Waals surface area contributed by atoms with Gasteiger partial charge in [-0.3, -0.25) is 0 Å². The van der Waals surface area contributed by atoms with Crippen molar-refractivity contribution >= 4 is 12.1 Å². The zero-order chi connectivity index (χ0) is 25.9. The van der Waals surface area contributed by atoms with Gasteiger partial charge in [0.05, 0.1) is 0 Å². The minimum Gasteiger partial charge on any atom is -0.338 e. The van der Waals surface area contributed by atoms with Crippen LogP contribution in [-0.4, -0.2) is 60.1 Å². The minimum atomic E-state index is 0.147. The Morgan fingerprint density at radius 2 is 1.11 bits per heavy atom. The van der Waals surface area contributed by atoms with E-state index in [1.54, 1.807) is 0 Å². The monoisotopic (exact) mass is 500 g/mol. The molecule has 36 heavy (non-hydrogen) atoms. The summed E-state index contributed by atoms with van der Waals surface area (Å²) in [5, 5.41) is 6.62. The van der Waals surface area contributed by atoms with E-state index in [1.807, 2.05) is 0 Å². The summed E-state index contributed by atoms with van der Waals surface area (Å²) in [6, 6.07) is 1.08. The number of likely N-dealkylation sites (tertiary alicyclic amines) is 2. The topological polar surface area (TPSA) is 64.7 Å². The van der Waals surface area contributed by atoms with Gasteiger partial charge in [-0.05, 0) is 91.3 Å². The molecular formula is C30H52N4O2. The second-order valence-corrected chi connectivity index (χ2v) is 16.0. The van der Waals surface area contributed by atoms with Crippen LogP contribution in [0.1, 0.15) is 106 Å². The Labute approximate surface area is 219 Å². The van der Waals surface area contributed by atoms with Crippen LogP contribution >= 0.6 is 0 Å². The van der Waals surface area contributed by atoms with E-state index in [1.165, 1.54) is 32.1 Å². The molecule has 0 unspecified atom stereocenters. The van der Waals surface area contributed by atoms with Crippen LogP contribution < -0.4 is 10.6 Å². The van der Waals surface area contributed by atoms with Crippen LogP contribution in [0, 0.1) is 33.5 Å². The highest BCUT2D eigenvalue weighted by molar-refractivity contribution is 5.75. The maximum atomic E-state index is 13.1. The third-order valence-corrected chi connectivity index (χ3v) is 10.3. The molecule has 6 atom stereocenters. The summed E-state index contributed by atoms with van der Waals surface area (Å²) in [4.78, 5) is 30.6. The van der Waals surface area contributed by atoms with E-state index >= 15 is 0 Å². The lowest BCUT2D eigenvalue weighted by atomic mass is 9.65. The van der Waals surface area contributed by atoms with E-state index in [-0.39, 0.29) is 22.9 Å². The number of hydrogen-bond donors (Lipinski definition) is 2. The maximum Gasteiger partial charge on any atom is 0.317 e. The molecule has 2 aliphatic heterocycles. The van der Waals surface area contributed by atoms with Crippen molar-refractivity contribution in [2.24, 2.45) is 33.5 Å². The predicted molar refractivity (Wildman–Crippen MR) is 145 cm³/mol. The molecule has 4 bridgehead atoms. The second-order valence-electron chi connectivity index (χ2n) is 16.0. The van der Waals surface area contributed by atoms with Crippen LogP contribution in [0.2, 0.25) is 0 Å². The lowest BCUT2D eigenvalue weighted by molar-refractivity contribution is 0.128. The number of carbonyl (C=O) groups excluding carboxylic acids is 2. The molecule has 2 N–H and O–H groups in total. The number of carbonyl (C=O) groups is 2. The van der Waals surface area contributed by atoms with Crippen molar-refractivity contribution in [2.45, 2.75) is 118 Å². The zero-order valence-electron chi connectivity index (χ0n) is 23.9. The molecule has 5 aliphatic rings. The van der Waals surface area contributed by atoms with Gasteiger partial charge in [0.15, 0.2) is 0 Å². The maximum absolute atomic E-state index is 13.1. The number of hydrogen-bond acceptors (Lipinski definition) is 2. The van der Waals surface area contributed by atoms with Gasteiger partial charge in [-0.15, -0.1) is 0 Å². The summed E-state index contributed by atoms with van der Waals surface area (Å²) >= 11 is 0. The Morgan fingerprint density at radius 3 is 1.53 bits per heavy atom. The number of amides is 4. The number of nitrogens with zero attached hydrogens (tertiary/aromatic N) is 2. The lowest BCUT2D eigenvalue weighted by Gasteiger charge is -2.39. The van der Waals surface area contributed by atoms with Crippen molar-refractivity contribution in [3.05, 3.63) is 0 Å². The molecule has 5 rings (SSSR count). The molecule has 0 spiro atoms. The third-order valence-electron chi connectivity index (χ3n) is 10.3. The van der Waals surface area contributed by atoms with Crippen molar-refractivity contribution in [1.29, 1.82) is 0 Å². The van der Waals surface area contributed by atoms with Gasteiger partial charge in [0.1, 0.15) is 0 Å². The highest BCUT2D eigenvalue weighted by atomic mass is 16.2. The Morgan fingerprint density at radius 1 is 0.694 bits per heavy atom. The van der Waals surface area contributed by atoms with Crippen molar-refractivity contribution in [3.8, 4) is 0 Å². The molecule has 2 heterocycles. The average Bonchev–Trinajstić information content (AvgIpc) is 3.16. The first-order chi connectivity index (χ1) is 16.7. The molecule has 6 nitrogen and oxygen atoms in total. The Kier molecular flexibility index (Phi) is 6.60. The highest BCUT2D eigenvalue weighted by Crippen LogP contribution is 2.53. The Balaban J connectivity index is 1.07. The normalized spacial score (nSPS) is 40.7. The molecule has 0 radical (unpaired) electrons. The SMILES string of the molecule is CC1(C)C[C@H]2C[C@@](C)(CN2C(=O)NC[C@H]2CCC[C@H](CNC(=O)N3C[C@@]4(C)C[C@H]3CC(C)(C)C4)C2)C1. The summed E-state index contributed by atoms with van der Waals surface area (Å²) in [5.41, 5.74) is 1.21. The molecule has 204 valence electrons. The smallest absolute Gasteiger partial charge is 0.317 e. The first-order valence-electron chi connectivity index (χ1n) is 14.8. The summed E-state index contributed by atoms with van der Waals surface area (Å²) in [7, 11) is 0. The summed E-state index contributed by atoms with van der Waals surface area (Å²) in [6.45, 7) is 17.5. The summed E-state index contributed by atoms with van der Waals surface area (Å²) in [5.74, 6) is 1.04. The quantitative estimate of drug-likeness (QED) is 0.496. The van der Waals surface area contributed by atoms with Gasteiger partial charge < -0.3 is 20.4 Å². The number of nitrogens with one attached hydrogen (secondary N) is 2. The average molecular weight is 501 g/mol. The first-order valence-corrected chi connectivity index (χ1v) is 14.8. The summed E-state index contributed by atoms with van der Waals surface area (Å²) in [6.07, 6.45) is 11.6. The van der Waals surface area contributed by atoms with Crippen LogP contribution in [0.4, 0.5) is 9.59 Å². The third kappa shape index (κ3) is 5.53. The van der Waals surface area contributed by atoms with Crippen LogP contribution in [0.15, 0.2) is 0 Å². The molecule has 6 heteroatoms. The number of urea groups is 2. The molecule has 0 aromatic carbocycles. The molecule has 4 amide bonds. The van der Waals surface area contributed by atoms with Crippen molar-refractivity contribution in [1.82, 2.24) is 20.4 Å². The number of rotatable bonds is 4. The molecule has 2 saturated heterocycles. The van der Waals surface area contributed by atoms with Crippen molar-refractivity contribution < 1.29 is 9.59 Å². The van der Waals surface area contributed by atoms with Gasteiger partial charge >= 0.3 is 12.1 Å². The molecule has 3 saturated carbocycles. The fourth-order valence-electron chi connectivity index (χ4n) is 9.83. The molecular weight excluding hydrogens is 448 g/mol. The van der Waals surface area contributed by atoms with Crippen LogP contribution in [0.25, 0.3) is 0 Å². The van der Waals surface area contributed by atoms with E-state index in [0.29, 0.717) is 34.7 Å². The summed E-state index contributed by atoms with van der Waals surface area (Å²) < 4.78 is 0. The van der Waals surface area contributed by atoms with E-state index in [0.717, 1.165) is 58.3 Å². The van der Waals surface area contributed by atoms with E-state index in [2.05, 4.69) is 62.0 Å². The van der Waals surface area contributed by atoms with Gasteiger partial charge in [0, 0.05) is 38.3 Å². The van der Waals surface area contributed by atoms with Crippen LogP contribution in [0.5, 0.6) is 0 Å². The van der Waals surface area contributed by atoms with E-state index in [4.69, 9.17) is 0 Å². The van der Waals surface area contributed by atoms with E-state index in [9.17, 15) is 9.59 Å². The highest BCUT2D eigenvalue weighted by Gasteiger charge is 2.52. The van der Waals surface area contributed by atoms with Gasteiger partial charge in [-0.1, -0.05) is 48.0 Å². The molecule has 0 aromatic rings. The van der Waals surface area contributed by atoms with E-state index < -0.39 is 0 Å². The van der Waals surface area contributed by atoms with Crippen molar-refractivity contribution in [2.75, 3.05) is 26.2 Å².